The lowest BCUT2D eigenvalue weighted by molar-refractivity contribution is -0.121. The number of carbonyl (C=O) groups is 2. The van der Waals surface area contributed by atoms with Gasteiger partial charge in [0, 0.05) is 12.8 Å². The van der Waals surface area contributed by atoms with Gasteiger partial charge in [-0.1, -0.05) is 97.8 Å². The summed E-state index contributed by atoms with van der Waals surface area (Å²) in [5.74, 6) is 5.51. The topological polar surface area (TPSA) is 72.2 Å². The number of rotatable bonds is 16. The van der Waals surface area contributed by atoms with Gasteiger partial charge in [-0.25, -0.2) is 5.84 Å². The second-order valence-electron chi connectivity index (χ2n) is 7.36. The Morgan fingerprint density at radius 1 is 0.840 bits per heavy atom. The third-order valence-electron chi connectivity index (χ3n) is 4.24. The van der Waals surface area contributed by atoms with E-state index in [0.29, 0.717) is 18.8 Å². The quantitative estimate of drug-likeness (QED) is 0.123. The maximum atomic E-state index is 10.9. The molecule has 25 heavy (non-hydrogen) atoms. The highest BCUT2D eigenvalue weighted by Gasteiger charge is 1.97. The van der Waals surface area contributed by atoms with Crippen LogP contribution in [-0.2, 0) is 9.59 Å². The molecule has 0 unspecified atom stereocenters. The van der Waals surface area contributed by atoms with Crippen LogP contribution in [0.2, 0.25) is 0 Å². The molecular weight excluding hydrogens is 312 g/mol. The van der Waals surface area contributed by atoms with Crippen LogP contribution < -0.4 is 11.3 Å². The van der Waals surface area contributed by atoms with E-state index in [1.165, 1.54) is 70.6 Å². The summed E-state index contributed by atoms with van der Waals surface area (Å²) in [5.41, 5.74) is 2.17. The summed E-state index contributed by atoms with van der Waals surface area (Å²) in [6.45, 7) is 6.31. The van der Waals surface area contributed by atoms with Crippen LogP contribution in [0.3, 0.4) is 0 Å². The molecule has 4 nitrogen and oxygen atoms in total. The third-order valence-corrected chi connectivity index (χ3v) is 4.24. The average molecular weight is 357 g/mol. The van der Waals surface area contributed by atoms with Gasteiger partial charge in [0.25, 0.3) is 0 Å². The van der Waals surface area contributed by atoms with E-state index in [1.807, 2.05) is 13.8 Å². The molecular formula is C21H44N2O2. The van der Waals surface area contributed by atoms with Crippen LogP contribution in [0.1, 0.15) is 117 Å². The molecule has 4 heteroatoms. The highest BCUT2D eigenvalue weighted by atomic mass is 16.2. The van der Waals surface area contributed by atoms with E-state index in [1.54, 1.807) is 0 Å². The number of aldehydes is 1. The van der Waals surface area contributed by atoms with E-state index in [2.05, 4.69) is 12.3 Å². The van der Waals surface area contributed by atoms with Gasteiger partial charge in [0.2, 0.25) is 5.91 Å². The average Bonchev–Trinajstić information content (AvgIpc) is 2.59. The van der Waals surface area contributed by atoms with Crippen LogP contribution in [0.15, 0.2) is 0 Å². The first-order chi connectivity index (χ1) is 12.1. The molecule has 0 rings (SSSR count). The smallest absolute Gasteiger partial charge is 0.233 e. The Morgan fingerprint density at radius 2 is 1.24 bits per heavy atom. The van der Waals surface area contributed by atoms with Crippen molar-refractivity contribution in [1.82, 2.24) is 5.43 Å². The first-order valence-corrected chi connectivity index (χ1v) is 10.5. The van der Waals surface area contributed by atoms with Crippen LogP contribution in [0.4, 0.5) is 0 Å². The van der Waals surface area contributed by atoms with Crippen molar-refractivity contribution in [1.29, 1.82) is 0 Å². The molecule has 0 saturated heterocycles. The Kier molecular flexibility index (Phi) is 24.3. The number of unbranched alkanes of at least 4 members (excludes halogenated alkanes) is 12. The SMILES string of the molecule is CC(C)CC=O.CCCCCCCCCCCCCCCC(=O)NN. The molecule has 0 aromatic heterocycles. The van der Waals surface area contributed by atoms with Crippen LogP contribution in [-0.4, -0.2) is 12.2 Å². The Bertz CT molecular complexity index is 281. The molecule has 0 radical (unpaired) electrons. The van der Waals surface area contributed by atoms with Crippen molar-refractivity contribution >= 4 is 12.2 Å². The zero-order chi connectivity index (χ0) is 19.2. The van der Waals surface area contributed by atoms with Gasteiger partial charge in [0.1, 0.15) is 6.29 Å². The van der Waals surface area contributed by atoms with E-state index in [-0.39, 0.29) is 5.91 Å². The van der Waals surface area contributed by atoms with Crippen LogP contribution in [0.25, 0.3) is 0 Å². The summed E-state index contributed by atoms with van der Waals surface area (Å²) in [6, 6.07) is 0. The monoisotopic (exact) mass is 356 g/mol. The van der Waals surface area contributed by atoms with Gasteiger partial charge in [-0.15, -0.1) is 0 Å². The van der Waals surface area contributed by atoms with Gasteiger partial charge in [0.15, 0.2) is 0 Å². The Labute approximate surface area is 156 Å². The second kappa shape index (κ2) is 23.1. The van der Waals surface area contributed by atoms with E-state index in [4.69, 9.17) is 5.84 Å². The minimum Gasteiger partial charge on any atom is -0.303 e. The lowest BCUT2D eigenvalue weighted by Crippen LogP contribution is -2.29. The van der Waals surface area contributed by atoms with Crippen molar-refractivity contribution in [2.24, 2.45) is 11.8 Å². The summed E-state index contributed by atoms with van der Waals surface area (Å²) < 4.78 is 0. The van der Waals surface area contributed by atoms with Crippen LogP contribution in [0, 0.1) is 5.92 Å². The van der Waals surface area contributed by atoms with Crippen molar-refractivity contribution in [3.8, 4) is 0 Å². The predicted octanol–water partition coefficient (Wildman–Crippen LogP) is 5.69. The predicted molar refractivity (Wildman–Crippen MR) is 108 cm³/mol. The number of amides is 1. The Hall–Kier alpha value is -0.900. The third kappa shape index (κ3) is 28.2. The Balaban J connectivity index is 0. The fourth-order valence-electron chi connectivity index (χ4n) is 2.57. The van der Waals surface area contributed by atoms with Crippen molar-refractivity contribution < 1.29 is 9.59 Å². The highest BCUT2D eigenvalue weighted by molar-refractivity contribution is 5.74. The number of hydrazine groups is 1. The van der Waals surface area contributed by atoms with Gasteiger partial charge in [-0.05, 0) is 12.3 Å². The lowest BCUT2D eigenvalue weighted by atomic mass is 10.0. The first-order valence-electron chi connectivity index (χ1n) is 10.5. The molecule has 0 saturated carbocycles. The van der Waals surface area contributed by atoms with Gasteiger partial charge in [-0.3, -0.25) is 10.2 Å². The fraction of sp³-hybridized carbons (Fsp3) is 0.905. The number of carbonyl (C=O) groups excluding carboxylic acids is 2. The molecule has 3 N–H and O–H groups in total. The molecule has 0 bridgehead atoms. The van der Waals surface area contributed by atoms with Crippen LogP contribution >= 0.6 is 0 Å². The maximum absolute atomic E-state index is 10.9. The summed E-state index contributed by atoms with van der Waals surface area (Å²) >= 11 is 0. The minimum atomic E-state index is -0.0388. The molecule has 0 heterocycles. The summed E-state index contributed by atoms with van der Waals surface area (Å²) in [7, 11) is 0. The maximum Gasteiger partial charge on any atom is 0.233 e. The van der Waals surface area contributed by atoms with E-state index >= 15 is 0 Å². The van der Waals surface area contributed by atoms with Gasteiger partial charge in [-0.2, -0.15) is 0 Å². The largest absolute Gasteiger partial charge is 0.303 e. The molecule has 0 spiro atoms. The first kappa shape index (κ1) is 26.3. The van der Waals surface area contributed by atoms with E-state index < -0.39 is 0 Å². The molecule has 0 atom stereocenters. The molecule has 150 valence electrons. The zero-order valence-electron chi connectivity index (χ0n) is 17.2. The van der Waals surface area contributed by atoms with Gasteiger partial charge < -0.3 is 4.79 Å². The minimum absolute atomic E-state index is 0.0388. The molecule has 0 aliphatic rings. The lowest BCUT2D eigenvalue weighted by Gasteiger charge is -2.03. The molecule has 0 aliphatic carbocycles. The van der Waals surface area contributed by atoms with E-state index in [9.17, 15) is 9.59 Å². The van der Waals surface area contributed by atoms with Crippen molar-refractivity contribution in [2.75, 3.05) is 0 Å². The highest BCUT2D eigenvalue weighted by Crippen LogP contribution is 2.12. The van der Waals surface area contributed by atoms with Crippen LogP contribution in [0.5, 0.6) is 0 Å². The second-order valence-corrected chi connectivity index (χ2v) is 7.36. The number of hydrogen-bond donors (Lipinski definition) is 2. The molecule has 0 aliphatic heterocycles. The number of nitrogens with two attached hydrogens (primary N) is 1. The molecule has 0 fully saturated rings. The summed E-state index contributed by atoms with van der Waals surface area (Å²) in [4.78, 5) is 20.5. The Morgan fingerprint density at radius 3 is 1.52 bits per heavy atom. The zero-order valence-corrected chi connectivity index (χ0v) is 17.2. The molecule has 1 amide bonds. The fourth-order valence-corrected chi connectivity index (χ4v) is 2.57. The van der Waals surface area contributed by atoms with Gasteiger partial charge in [0.05, 0.1) is 0 Å². The number of nitrogens with one attached hydrogen (secondary N) is 1. The standard InChI is InChI=1S/C16H34N2O.C5H10O/c1-2-3-4-5-6-7-8-9-10-11-12-13-14-15-16(19)18-17;1-5(2)3-4-6/h2-15,17H2,1H3,(H,18,19);4-5H,3H2,1-2H3. The summed E-state index contributed by atoms with van der Waals surface area (Å²) in [5, 5.41) is 0. The number of hydrogen-bond acceptors (Lipinski definition) is 3. The normalized spacial score (nSPS) is 10.3. The van der Waals surface area contributed by atoms with E-state index in [0.717, 1.165) is 19.1 Å². The molecule has 0 aromatic carbocycles. The van der Waals surface area contributed by atoms with Crippen molar-refractivity contribution in [3.63, 3.8) is 0 Å². The molecule has 0 aromatic rings. The summed E-state index contributed by atoms with van der Waals surface area (Å²) in [6.07, 6.45) is 19.5. The van der Waals surface area contributed by atoms with Crippen molar-refractivity contribution in [3.05, 3.63) is 0 Å². The van der Waals surface area contributed by atoms with Crippen molar-refractivity contribution in [2.45, 2.75) is 117 Å². The van der Waals surface area contributed by atoms with Gasteiger partial charge >= 0.3 is 0 Å².